The summed E-state index contributed by atoms with van der Waals surface area (Å²) in [6.07, 6.45) is 5.89. The Morgan fingerprint density at radius 1 is 0.311 bits per heavy atom. The lowest BCUT2D eigenvalue weighted by Crippen LogP contribution is -2.08. The van der Waals surface area contributed by atoms with E-state index in [0.717, 1.165) is 11.8 Å². The van der Waals surface area contributed by atoms with Crippen LogP contribution in [0.25, 0.3) is 0 Å². The van der Waals surface area contributed by atoms with Crippen molar-refractivity contribution in [2.45, 2.75) is 130 Å². The molecule has 1 aliphatic rings. The lowest BCUT2D eigenvalue weighted by molar-refractivity contribution is 0.308. The van der Waals surface area contributed by atoms with E-state index in [4.69, 9.17) is 0 Å². The van der Waals surface area contributed by atoms with Crippen molar-refractivity contribution in [2.24, 2.45) is 11.8 Å². The van der Waals surface area contributed by atoms with Gasteiger partial charge in [-0.15, -0.1) is 0 Å². The molecule has 4 aromatic carbocycles. The average Bonchev–Trinajstić information content (AvgIpc) is 2.99. The van der Waals surface area contributed by atoms with Gasteiger partial charge in [0.25, 0.3) is 0 Å². The van der Waals surface area contributed by atoms with Crippen LogP contribution >= 0.6 is 0 Å². The second kappa shape index (κ2) is 20.1. The zero-order chi connectivity index (χ0) is 34.3. The highest BCUT2D eigenvalue weighted by Crippen LogP contribution is 2.27. The average molecular weight is 607 g/mol. The highest BCUT2D eigenvalue weighted by Gasteiger charge is 2.13. The van der Waals surface area contributed by atoms with Crippen LogP contribution in [-0.2, 0) is 0 Å². The topological polar surface area (TPSA) is 0 Å². The summed E-state index contributed by atoms with van der Waals surface area (Å²) in [5.74, 6) is 2.04. The fraction of sp³-hybridized carbons (Fsp3) is 0.467. The second-order valence-electron chi connectivity index (χ2n) is 14.1. The Balaban J connectivity index is 0.000000282. The molecule has 0 bridgehead atoms. The third-order valence-corrected chi connectivity index (χ3v) is 9.59. The molecule has 45 heavy (non-hydrogen) atoms. The van der Waals surface area contributed by atoms with Crippen LogP contribution in [0.2, 0.25) is 0 Å². The molecule has 0 atom stereocenters. The molecule has 0 heterocycles. The molecular formula is C45H66. The molecule has 0 nitrogen and oxygen atoms in total. The predicted molar refractivity (Wildman–Crippen MR) is 204 cm³/mol. The van der Waals surface area contributed by atoms with Gasteiger partial charge in [-0.3, -0.25) is 0 Å². The highest BCUT2D eigenvalue weighted by atomic mass is 14.2. The SMILES string of the molecule is CC1CCC(C)CC1.Cc1cc(C)c(C)c(C)c1.Cc1ccc(C)c(C)c1.Cc1ccc(C)c(C)c1C.Cc1ccc(C)cc1. The molecule has 0 radical (unpaired) electrons. The monoisotopic (exact) mass is 607 g/mol. The fourth-order valence-electron chi connectivity index (χ4n) is 5.30. The summed E-state index contributed by atoms with van der Waals surface area (Å²) < 4.78 is 0. The first-order valence-electron chi connectivity index (χ1n) is 17.2. The minimum absolute atomic E-state index is 1.02. The van der Waals surface area contributed by atoms with Crippen molar-refractivity contribution in [1.82, 2.24) is 0 Å². The predicted octanol–water partition coefficient (Wildman–Crippen LogP) is 13.6. The van der Waals surface area contributed by atoms with E-state index < -0.39 is 0 Å². The smallest absolute Gasteiger partial charge is 0.0392 e. The minimum Gasteiger partial charge on any atom is -0.0625 e. The van der Waals surface area contributed by atoms with Crippen molar-refractivity contribution >= 4 is 0 Å². The van der Waals surface area contributed by atoms with E-state index in [9.17, 15) is 0 Å². The number of hydrogen-bond acceptors (Lipinski definition) is 0. The first-order valence-corrected chi connectivity index (χ1v) is 17.2. The van der Waals surface area contributed by atoms with Gasteiger partial charge >= 0.3 is 0 Å². The summed E-state index contributed by atoms with van der Waals surface area (Å²) in [5, 5.41) is 0. The summed E-state index contributed by atoms with van der Waals surface area (Å²) in [4.78, 5) is 0. The molecule has 0 N–H and O–H groups in total. The Hall–Kier alpha value is -3.12. The maximum absolute atomic E-state index is 2.37. The number of aryl methyl sites for hydroxylation is 10. The Bertz CT molecular complexity index is 1350. The van der Waals surface area contributed by atoms with Crippen molar-refractivity contribution in [3.8, 4) is 0 Å². The van der Waals surface area contributed by atoms with Crippen LogP contribution < -0.4 is 0 Å². The summed E-state index contributed by atoms with van der Waals surface area (Å²) in [7, 11) is 0. The van der Waals surface area contributed by atoms with E-state index in [1.165, 1.54) is 98.0 Å². The quantitative estimate of drug-likeness (QED) is 0.187. The summed E-state index contributed by atoms with van der Waals surface area (Å²) >= 11 is 0. The van der Waals surface area contributed by atoms with Gasteiger partial charge in [0.1, 0.15) is 0 Å². The van der Waals surface area contributed by atoms with Crippen LogP contribution in [0.4, 0.5) is 0 Å². The molecule has 0 aliphatic heterocycles. The molecular weight excluding hydrogens is 540 g/mol. The molecule has 0 spiro atoms. The maximum Gasteiger partial charge on any atom is -0.0392 e. The van der Waals surface area contributed by atoms with Crippen molar-refractivity contribution in [3.05, 3.63) is 139 Å². The van der Waals surface area contributed by atoms with Gasteiger partial charge in [0.15, 0.2) is 0 Å². The molecule has 246 valence electrons. The van der Waals surface area contributed by atoms with Crippen molar-refractivity contribution < 1.29 is 0 Å². The van der Waals surface area contributed by atoms with Crippen LogP contribution in [0, 0.1) is 102 Å². The summed E-state index contributed by atoms with van der Waals surface area (Å²) in [5.41, 5.74) is 18.0. The molecule has 0 saturated heterocycles. The molecule has 1 aliphatic carbocycles. The van der Waals surface area contributed by atoms with E-state index in [-0.39, 0.29) is 0 Å². The van der Waals surface area contributed by atoms with Crippen LogP contribution in [0.1, 0.15) is 112 Å². The summed E-state index contributed by atoms with van der Waals surface area (Å²) in [6, 6.07) is 23.8. The largest absolute Gasteiger partial charge is 0.0625 e. The van der Waals surface area contributed by atoms with Gasteiger partial charge in [0.2, 0.25) is 0 Å². The lowest BCUT2D eigenvalue weighted by Gasteiger charge is -2.22. The first-order chi connectivity index (χ1) is 21.0. The maximum atomic E-state index is 2.37. The highest BCUT2D eigenvalue weighted by molar-refractivity contribution is 5.38. The van der Waals surface area contributed by atoms with E-state index in [0.29, 0.717) is 0 Å². The Labute approximate surface area is 279 Å². The fourth-order valence-corrected chi connectivity index (χ4v) is 5.30. The van der Waals surface area contributed by atoms with Crippen molar-refractivity contribution in [3.63, 3.8) is 0 Å². The Kier molecular flexibility index (Phi) is 17.8. The zero-order valence-corrected chi connectivity index (χ0v) is 31.8. The standard InChI is InChI=1S/2C10H14.C9H12.C8H16.C8H10/c1-7-5-8(2)10(4)9(3)6-7;1-7-5-6-8(2)10(4)9(7)3;1-7-4-5-8(2)9(3)6-7;2*1-7-3-5-8(2)6-4-7/h2*5-6H,1-4H3;4-6H,1-3H3;7-8H,3-6H2,1-2H3;3-6H,1-2H3. The van der Waals surface area contributed by atoms with Gasteiger partial charge in [-0.05, 0) is 152 Å². The van der Waals surface area contributed by atoms with Gasteiger partial charge in [-0.25, -0.2) is 0 Å². The molecule has 0 amide bonds. The third kappa shape index (κ3) is 15.6. The molecule has 5 rings (SSSR count). The minimum atomic E-state index is 1.02. The van der Waals surface area contributed by atoms with Crippen LogP contribution in [0.15, 0.2) is 66.7 Å². The lowest BCUT2D eigenvalue weighted by atomic mass is 9.84. The molecule has 0 unspecified atom stereocenters. The van der Waals surface area contributed by atoms with Crippen molar-refractivity contribution in [1.29, 1.82) is 0 Å². The first kappa shape index (κ1) is 39.9. The molecule has 1 fully saturated rings. The van der Waals surface area contributed by atoms with E-state index in [1.807, 2.05) is 0 Å². The van der Waals surface area contributed by atoms with Gasteiger partial charge in [-0.2, -0.15) is 0 Å². The third-order valence-electron chi connectivity index (χ3n) is 9.59. The second-order valence-corrected chi connectivity index (χ2v) is 14.1. The van der Waals surface area contributed by atoms with Gasteiger partial charge < -0.3 is 0 Å². The number of rotatable bonds is 0. The summed E-state index contributed by atoms with van der Waals surface area (Å²) in [6.45, 7) is 32.6. The normalized spacial score (nSPS) is 15.1. The van der Waals surface area contributed by atoms with E-state index in [2.05, 4.69) is 171 Å². The molecule has 1 saturated carbocycles. The van der Waals surface area contributed by atoms with Gasteiger partial charge in [0, 0.05) is 0 Å². The van der Waals surface area contributed by atoms with Crippen LogP contribution in [-0.4, -0.2) is 0 Å². The molecule has 4 aromatic rings. The van der Waals surface area contributed by atoms with E-state index >= 15 is 0 Å². The number of benzene rings is 4. The number of hydrogen-bond donors (Lipinski definition) is 0. The van der Waals surface area contributed by atoms with Gasteiger partial charge in [-0.1, -0.05) is 129 Å². The molecule has 0 aromatic heterocycles. The van der Waals surface area contributed by atoms with Gasteiger partial charge in [0.05, 0.1) is 0 Å². The molecule has 0 heteroatoms. The van der Waals surface area contributed by atoms with E-state index in [1.54, 1.807) is 0 Å². The Morgan fingerprint density at radius 3 is 0.956 bits per heavy atom. The Morgan fingerprint density at radius 2 is 0.622 bits per heavy atom. The van der Waals surface area contributed by atoms with Crippen molar-refractivity contribution in [2.75, 3.05) is 0 Å². The van der Waals surface area contributed by atoms with Crippen LogP contribution in [0.5, 0.6) is 0 Å². The zero-order valence-electron chi connectivity index (χ0n) is 31.8. The van der Waals surface area contributed by atoms with Crippen LogP contribution in [0.3, 0.4) is 0 Å².